The summed E-state index contributed by atoms with van der Waals surface area (Å²) in [7, 11) is 3.15. The molecule has 0 bridgehead atoms. The number of nitrogens with one attached hydrogen (secondary N) is 2. The van der Waals surface area contributed by atoms with E-state index in [1.54, 1.807) is 26.2 Å². The molecule has 1 heterocycles. The summed E-state index contributed by atoms with van der Waals surface area (Å²) in [6, 6.07) is 2.15. The number of nitrogens with two attached hydrogens (primary N) is 1. The quantitative estimate of drug-likeness (QED) is 0.179. The number of nitrogens with zero attached hydrogens (tertiary/aromatic N) is 2. The SMILES string of the molecule is CN(C)[C@@H]1C(O)=C(C(N)=O)C(=O)C2(O)C(O)=C3C(=O)c4c(ccc(NCC(=O)NN5CCCC5)c4O)CC3CC12. The van der Waals surface area contributed by atoms with Gasteiger partial charge in [-0.05, 0) is 57.3 Å². The third kappa shape index (κ3) is 4.12. The van der Waals surface area contributed by atoms with Crippen molar-refractivity contribution in [2.24, 2.45) is 17.6 Å². The monoisotopic (exact) mass is 555 g/mol. The highest BCUT2D eigenvalue weighted by molar-refractivity contribution is 6.24. The fraction of sp³-hybridized carbons (Fsp3) is 0.481. The van der Waals surface area contributed by atoms with Crippen molar-refractivity contribution in [1.82, 2.24) is 15.3 Å². The highest BCUT2D eigenvalue weighted by Gasteiger charge is 2.63. The molecule has 1 aromatic rings. The molecule has 4 atom stereocenters. The number of hydrogen-bond donors (Lipinski definition) is 7. The molecule has 0 radical (unpaired) electrons. The van der Waals surface area contributed by atoms with Crippen molar-refractivity contribution in [3.63, 3.8) is 0 Å². The molecule has 1 aromatic carbocycles. The van der Waals surface area contributed by atoms with E-state index in [-0.39, 0.29) is 42.1 Å². The lowest BCUT2D eigenvalue weighted by molar-refractivity contribution is -0.148. The first-order valence-corrected chi connectivity index (χ1v) is 13.2. The summed E-state index contributed by atoms with van der Waals surface area (Å²) in [5.41, 5.74) is 4.83. The second-order valence-corrected chi connectivity index (χ2v) is 11.0. The topological polar surface area (TPSA) is 206 Å². The highest BCUT2D eigenvalue weighted by atomic mass is 16.3. The van der Waals surface area contributed by atoms with Crippen molar-refractivity contribution >= 4 is 29.1 Å². The Hall–Kier alpha value is -3.94. The van der Waals surface area contributed by atoms with Crippen molar-refractivity contribution in [3.05, 3.63) is 45.9 Å². The van der Waals surface area contributed by atoms with Gasteiger partial charge in [0.15, 0.2) is 11.4 Å². The number of Topliss-reactive ketones (excluding diaryl/α,β-unsaturated/α-hetero) is 2. The summed E-state index contributed by atoms with van der Waals surface area (Å²) in [4.78, 5) is 53.0. The zero-order chi connectivity index (χ0) is 29.1. The molecule has 8 N–H and O–H groups in total. The van der Waals surface area contributed by atoms with Crippen LogP contribution in [0.2, 0.25) is 0 Å². The number of carbonyl (C=O) groups excluding carboxylic acids is 4. The van der Waals surface area contributed by atoms with E-state index in [1.165, 1.54) is 4.90 Å². The molecule has 1 aliphatic heterocycles. The van der Waals surface area contributed by atoms with Crippen LogP contribution in [0, 0.1) is 11.8 Å². The molecular formula is C27H33N5O8. The Balaban J connectivity index is 1.50. The zero-order valence-corrected chi connectivity index (χ0v) is 22.2. The van der Waals surface area contributed by atoms with E-state index in [0.29, 0.717) is 5.56 Å². The van der Waals surface area contributed by atoms with Crippen LogP contribution >= 0.6 is 0 Å². The number of aromatic hydroxyl groups is 1. The summed E-state index contributed by atoms with van der Waals surface area (Å²) in [5, 5.41) is 49.5. The number of rotatable bonds is 6. The number of benzene rings is 1. The minimum Gasteiger partial charge on any atom is -0.510 e. The van der Waals surface area contributed by atoms with Crippen LogP contribution in [0.15, 0.2) is 34.8 Å². The Morgan fingerprint density at radius 3 is 2.45 bits per heavy atom. The standard InChI is InChI=1S/C27H33N5O8/c1-31(2)20-14-10-13-9-12-5-6-15(29-11-16(33)30-32-7-3-4-8-32)21(34)17(12)22(35)18(13)24(37)27(14,40)25(38)19(23(20)36)26(28)39/h5-6,13-14,20,29,34,36-37,40H,3-4,7-11H2,1-2H3,(H2,28,39)(H,30,33)/t13?,14?,20-,27?/m0/s1. The average Bonchev–Trinajstić information content (AvgIpc) is 3.38. The van der Waals surface area contributed by atoms with Gasteiger partial charge in [-0.25, -0.2) is 5.01 Å². The number of allylic oxidation sites excluding steroid dienone is 1. The summed E-state index contributed by atoms with van der Waals surface area (Å²) in [6.07, 6.45) is 2.19. The number of ketones is 2. The summed E-state index contributed by atoms with van der Waals surface area (Å²) < 4.78 is 0. The Bertz CT molecular complexity index is 1380. The van der Waals surface area contributed by atoms with Crippen LogP contribution in [0.1, 0.15) is 35.2 Å². The van der Waals surface area contributed by atoms with E-state index in [1.807, 2.05) is 5.01 Å². The number of fused-ring (bicyclic) bond motifs is 3. The Morgan fingerprint density at radius 1 is 1.15 bits per heavy atom. The number of hydrogen-bond acceptors (Lipinski definition) is 11. The average molecular weight is 556 g/mol. The molecule has 214 valence electrons. The van der Waals surface area contributed by atoms with Gasteiger partial charge in [0.05, 0.1) is 23.8 Å². The number of carbonyl (C=O) groups is 4. The van der Waals surface area contributed by atoms with Crippen molar-refractivity contribution in [2.75, 3.05) is 39.0 Å². The molecule has 1 saturated heterocycles. The molecule has 13 heteroatoms. The number of anilines is 1. The van der Waals surface area contributed by atoms with Gasteiger partial charge in [0.25, 0.3) is 11.8 Å². The number of phenolic OH excluding ortho intramolecular Hbond substituents is 1. The molecule has 0 aromatic heterocycles. The Kier molecular flexibility index (Phi) is 6.84. The van der Waals surface area contributed by atoms with Crippen LogP contribution in [0.5, 0.6) is 5.75 Å². The molecule has 0 saturated carbocycles. The molecule has 4 aliphatic rings. The second kappa shape index (κ2) is 9.91. The predicted molar refractivity (Wildman–Crippen MR) is 141 cm³/mol. The lowest BCUT2D eigenvalue weighted by atomic mass is 9.58. The highest BCUT2D eigenvalue weighted by Crippen LogP contribution is 2.52. The number of phenols is 1. The van der Waals surface area contributed by atoms with Gasteiger partial charge in [0.2, 0.25) is 5.78 Å². The predicted octanol–water partition coefficient (Wildman–Crippen LogP) is -0.340. The van der Waals surface area contributed by atoms with Crippen molar-refractivity contribution < 1.29 is 39.6 Å². The maximum atomic E-state index is 13.7. The van der Waals surface area contributed by atoms with Gasteiger partial charge < -0.3 is 31.5 Å². The largest absolute Gasteiger partial charge is 0.510 e. The molecule has 40 heavy (non-hydrogen) atoms. The number of likely N-dealkylation sites (N-methyl/N-ethyl adjacent to an activating group) is 1. The second-order valence-electron chi connectivity index (χ2n) is 11.0. The summed E-state index contributed by atoms with van der Waals surface area (Å²) in [5.74, 6) is -7.35. The number of primary amides is 1. The minimum atomic E-state index is -2.69. The van der Waals surface area contributed by atoms with Crippen LogP contribution in [-0.2, 0) is 20.8 Å². The molecule has 2 amide bonds. The van der Waals surface area contributed by atoms with Gasteiger partial charge >= 0.3 is 0 Å². The van der Waals surface area contributed by atoms with Crippen molar-refractivity contribution in [1.29, 1.82) is 0 Å². The first kappa shape index (κ1) is 27.6. The molecule has 0 spiro atoms. The Morgan fingerprint density at radius 2 is 1.82 bits per heavy atom. The number of hydrazine groups is 1. The molecule has 13 nitrogen and oxygen atoms in total. The number of aliphatic hydroxyl groups excluding tert-OH is 2. The van der Waals surface area contributed by atoms with Gasteiger partial charge in [0.1, 0.15) is 22.8 Å². The van der Waals surface area contributed by atoms with Crippen molar-refractivity contribution in [2.45, 2.75) is 37.3 Å². The van der Waals surface area contributed by atoms with E-state index >= 15 is 0 Å². The number of aliphatic hydroxyl groups is 3. The third-order valence-corrected chi connectivity index (χ3v) is 8.42. The maximum Gasteiger partial charge on any atom is 0.255 e. The smallest absolute Gasteiger partial charge is 0.255 e. The summed E-state index contributed by atoms with van der Waals surface area (Å²) in [6.45, 7) is 1.35. The van der Waals surface area contributed by atoms with E-state index in [9.17, 15) is 39.6 Å². The van der Waals surface area contributed by atoms with Crippen LogP contribution in [-0.4, -0.2) is 99.1 Å². The Labute approximate surface area is 229 Å². The molecule has 5 rings (SSSR count). The lowest BCUT2D eigenvalue weighted by Crippen LogP contribution is -2.63. The van der Waals surface area contributed by atoms with Crippen molar-refractivity contribution in [3.8, 4) is 5.75 Å². The van der Waals surface area contributed by atoms with E-state index < -0.39 is 63.8 Å². The van der Waals surface area contributed by atoms with Gasteiger partial charge in [-0.1, -0.05) is 6.07 Å². The molecule has 1 fully saturated rings. The van der Waals surface area contributed by atoms with Gasteiger partial charge in [-0.2, -0.15) is 0 Å². The lowest BCUT2D eigenvalue weighted by Gasteiger charge is -2.50. The summed E-state index contributed by atoms with van der Waals surface area (Å²) >= 11 is 0. The normalized spacial score (nSPS) is 28.4. The van der Waals surface area contributed by atoms with E-state index in [4.69, 9.17) is 5.73 Å². The van der Waals surface area contributed by atoms with Crippen LogP contribution in [0.3, 0.4) is 0 Å². The van der Waals surface area contributed by atoms with Gasteiger partial charge in [-0.3, -0.25) is 29.5 Å². The minimum absolute atomic E-state index is 0.0171. The van der Waals surface area contributed by atoms with Crippen LogP contribution < -0.4 is 16.5 Å². The first-order chi connectivity index (χ1) is 18.9. The van der Waals surface area contributed by atoms with Gasteiger partial charge in [0, 0.05) is 24.6 Å². The molecule has 3 aliphatic carbocycles. The maximum absolute atomic E-state index is 13.7. The molecular weight excluding hydrogens is 522 g/mol. The van der Waals surface area contributed by atoms with Gasteiger partial charge in [-0.15, -0.1) is 0 Å². The van der Waals surface area contributed by atoms with Crippen LogP contribution in [0.4, 0.5) is 5.69 Å². The molecule has 3 unspecified atom stereocenters. The first-order valence-electron chi connectivity index (χ1n) is 13.2. The van der Waals surface area contributed by atoms with Crippen LogP contribution in [0.25, 0.3) is 0 Å². The number of amides is 2. The van der Waals surface area contributed by atoms with E-state index in [0.717, 1.165) is 25.9 Å². The fourth-order valence-corrected chi connectivity index (χ4v) is 6.59. The van der Waals surface area contributed by atoms with E-state index in [2.05, 4.69) is 10.7 Å². The third-order valence-electron chi connectivity index (χ3n) is 8.42. The zero-order valence-electron chi connectivity index (χ0n) is 22.2. The fourth-order valence-electron chi connectivity index (χ4n) is 6.59.